The molecule has 0 saturated carbocycles. The van der Waals surface area contributed by atoms with E-state index < -0.39 is 0 Å². The minimum Gasteiger partial charge on any atom is -0.308 e. The molecule has 0 aromatic carbocycles. The van der Waals surface area contributed by atoms with Crippen LogP contribution in [0.1, 0.15) is 42.5 Å². The van der Waals surface area contributed by atoms with Crippen molar-refractivity contribution in [1.29, 1.82) is 0 Å². The van der Waals surface area contributed by atoms with Gasteiger partial charge in [-0.25, -0.2) is 0 Å². The Morgan fingerprint density at radius 1 is 1.32 bits per heavy atom. The molecule has 0 saturated heterocycles. The lowest BCUT2D eigenvalue weighted by Crippen LogP contribution is -2.23. The molecule has 0 bridgehead atoms. The topological polar surface area (TPSA) is 55.6 Å². The van der Waals surface area contributed by atoms with E-state index >= 15 is 0 Å². The highest BCUT2D eigenvalue weighted by Gasteiger charge is 2.20. The predicted octanol–water partition coefficient (Wildman–Crippen LogP) is 1.87. The third-order valence-electron chi connectivity index (χ3n) is 3.31. The van der Waals surface area contributed by atoms with Crippen LogP contribution in [0.15, 0.2) is 18.3 Å². The van der Waals surface area contributed by atoms with Crippen LogP contribution in [0.5, 0.6) is 0 Å². The summed E-state index contributed by atoms with van der Waals surface area (Å²) in [6.07, 6.45) is 2.72. The van der Waals surface area contributed by atoms with Crippen molar-refractivity contribution in [3.8, 4) is 0 Å². The molecule has 1 unspecified atom stereocenters. The van der Waals surface area contributed by atoms with E-state index in [-0.39, 0.29) is 6.04 Å². The normalized spacial score (nSPS) is 12.6. The molecule has 0 aliphatic rings. The molecule has 19 heavy (non-hydrogen) atoms. The van der Waals surface area contributed by atoms with Crippen molar-refractivity contribution in [3.63, 3.8) is 0 Å². The molecule has 2 aromatic heterocycles. The first-order valence-electron chi connectivity index (χ1n) is 6.73. The summed E-state index contributed by atoms with van der Waals surface area (Å²) in [6.45, 7) is 7.03. The lowest BCUT2D eigenvalue weighted by molar-refractivity contribution is 0.557. The van der Waals surface area contributed by atoms with E-state index in [1.54, 1.807) is 0 Å². The second kappa shape index (κ2) is 5.93. The minimum absolute atomic E-state index is 0.103. The van der Waals surface area contributed by atoms with Crippen LogP contribution >= 0.6 is 0 Å². The van der Waals surface area contributed by atoms with Crippen molar-refractivity contribution < 1.29 is 0 Å². The molecule has 0 radical (unpaired) electrons. The molecule has 102 valence electrons. The number of aryl methyl sites for hydroxylation is 3. The van der Waals surface area contributed by atoms with Gasteiger partial charge in [-0.1, -0.05) is 6.92 Å². The highest BCUT2D eigenvalue weighted by Crippen LogP contribution is 2.24. The fourth-order valence-corrected chi connectivity index (χ4v) is 2.37. The van der Waals surface area contributed by atoms with Gasteiger partial charge in [0.05, 0.1) is 23.1 Å². The maximum atomic E-state index is 4.35. The minimum atomic E-state index is 0.103. The number of rotatable bonds is 5. The third kappa shape index (κ3) is 2.66. The Hall–Kier alpha value is -1.75. The molecule has 5 nitrogen and oxygen atoms in total. The maximum Gasteiger partial charge on any atom is 0.0764 e. The zero-order valence-electron chi connectivity index (χ0n) is 12.0. The van der Waals surface area contributed by atoms with Gasteiger partial charge in [0, 0.05) is 18.3 Å². The van der Waals surface area contributed by atoms with Gasteiger partial charge in [-0.2, -0.15) is 15.3 Å². The van der Waals surface area contributed by atoms with E-state index in [4.69, 9.17) is 0 Å². The van der Waals surface area contributed by atoms with Crippen LogP contribution in [0, 0.1) is 6.92 Å². The maximum absolute atomic E-state index is 4.35. The van der Waals surface area contributed by atoms with Crippen LogP contribution in [0.4, 0.5) is 0 Å². The molecule has 5 heteroatoms. The van der Waals surface area contributed by atoms with E-state index in [0.717, 1.165) is 30.0 Å². The van der Waals surface area contributed by atoms with Crippen LogP contribution in [-0.4, -0.2) is 27.0 Å². The van der Waals surface area contributed by atoms with Gasteiger partial charge >= 0.3 is 0 Å². The van der Waals surface area contributed by atoms with Crippen molar-refractivity contribution >= 4 is 0 Å². The van der Waals surface area contributed by atoms with Crippen LogP contribution in [0.2, 0.25) is 0 Å². The fraction of sp³-hybridized carbons (Fsp3) is 0.500. The van der Waals surface area contributed by atoms with Crippen LogP contribution in [0.3, 0.4) is 0 Å². The molecule has 2 aromatic rings. The number of nitrogens with one attached hydrogen (secondary N) is 1. The second-order valence-electron chi connectivity index (χ2n) is 4.53. The van der Waals surface area contributed by atoms with Gasteiger partial charge in [0.2, 0.25) is 0 Å². The van der Waals surface area contributed by atoms with E-state index in [1.165, 1.54) is 5.56 Å². The lowest BCUT2D eigenvalue weighted by atomic mass is 10.0. The van der Waals surface area contributed by atoms with Gasteiger partial charge in [-0.3, -0.25) is 4.68 Å². The summed E-state index contributed by atoms with van der Waals surface area (Å²) < 4.78 is 2.01. The number of aromatic nitrogens is 4. The molecule has 2 heterocycles. The second-order valence-corrected chi connectivity index (χ2v) is 4.53. The third-order valence-corrected chi connectivity index (χ3v) is 3.31. The molecule has 0 amide bonds. The highest BCUT2D eigenvalue weighted by molar-refractivity contribution is 5.31. The Labute approximate surface area is 114 Å². The van der Waals surface area contributed by atoms with Crippen molar-refractivity contribution in [2.45, 2.75) is 39.8 Å². The first-order chi connectivity index (χ1) is 9.21. The SMILES string of the molecule is CCc1nnc(C)cc1C(NC)c1ccnn1CC. The smallest absolute Gasteiger partial charge is 0.0764 e. The van der Waals surface area contributed by atoms with E-state index in [2.05, 4.69) is 46.6 Å². The Balaban J connectivity index is 2.50. The summed E-state index contributed by atoms with van der Waals surface area (Å²) >= 11 is 0. The predicted molar refractivity (Wildman–Crippen MR) is 75.0 cm³/mol. The van der Waals surface area contributed by atoms with Gasteiger partial charge < -0.3 is 5.32 Å². The molecule has 0 aliphatic carbocycles. The fourth-order valence-electron chi connectivity index (χ4n) is 2.37. The summed E-state index contributed by atoms with van der Waals surface area (Å²) in [7, 11) is 1.97. The summed E-state index contributed by atoms with van der Waals surface area (Å²) in [5.41, 5.74) is 4.32. The van der Waals surface area contributed by atoms with E-state index in [0.29, 0.717) is 0 Å². The van der Waals surface area contributed by atoms with Crippen molar-refractivity contribution in [2.75, 3.05) is 7.05 Å². The molecule has 0 aliphatic heterocycles. The van der Waals surface area contributed by atoms with Crippen LogP contribution < -0.4 is 5.32 Å². The average Bonchev–Trinajstić information content (AvgIpc) is 2.88. The molecule has 0 spiro atoms. The summed E-state index contributed by atoms with van der Waals surface area (Å²) in [5, 5.41) is 16.2. The number of nitrogens with zero attached hydrogens (tertiary/aromatic N) is 4. The first kappa shape index (κ1) is 13.7. The van der Waals surface area contributed by atoms with Crippen molar-refractivity contribution in [3.05, 3.63) is 41.0 Å². The van der Waals surface area contributed by atoms with Crippen molar-refractivity contribution in [1.82, 2.24) is 25.3 Å². The highest BCUT2D eigenvalue weighted by atomic mass is 15.3. The summed E-state index contributed by atoms with van der Waals surface area (Å²) in [5.74, 6) is 0. The van der Waals surface area contributed by atoms with Gasteiger partial charge in [0.25, 0.3) is 0 Å². The zero-order valence-corrected chi connectivity index (χ0v) is 12.0. The molecular weight excluding hydrogens is 238 g/mol. The van der Waals surface area contributed by atoms with Crippen LogP contribution in [-0.2, 0) is 13.0 Å². The Kier molecular flexibility index (Phi) is 4.27. The standard InChI is InChI=1S/C14H21N5/c1-5-12-11(9-10(3)17-18-12)14(15-4)13-7-8-16-19(13)6-2/h7-9,14-15H,5-6H2,1-4H3. The molecule has 2 rings (SSSR count). The Morgan fingerprint density at radius 3 is 2.74 bits per heavy atom. The molecule has 1 atom stereocenters. The monoisotopic (exact) mass is 259 g/mol. The van der Waals surface area contributed by atoms with Gasteiger partial charge in [-0.15, -0.1) is 0 Å². The summed E-state index contributed by atoms with van der Waals surface area (Å²) in [4.78, 5) is 0. The average molecular weight is 259 g/mol. The Bertz CT molecular complexity index is 547. The largest absolute Gasteiger partial charge is 0.308 e. The summed E-state index contributed by atoms with van der Waals surface area (Å²) in [6, 6.07) is 4.27. The lowest BCUT2D eigenvalue weighted by Gasteiger charge is -2.20. The molecule has 1 N–H and O–H groups in total. The Morgan fingerprint density at radius 2 is 2.11 bits per heavy atom. The molecule has 0 fully saturated rings. The van der Waals surface area contributed by atoms with Crippen molar-refractivity contribution in [2.24, 2.45) is 0 Å². The van der Waals surface area contributed by atoms with E-state index in [9.17, 15) is 0 Å². The zero-order chi connectivity index (χ0) is 13.8. The number of hydrogen-bond acceptors (Lipinski definition) is 4. The first-order valence-corrected chi connectivity index (χ1v) is 6.73. The van der Waals surface area contributed by atoms with Crippen LogP contribution in [0.25, 0.3) is 0 Å². The van der Waals surface area contributed by atoms with Gasteiger partial charge in [-0.05, 0) is 39.4 Å². The quantitative estimate of drug-likeness (QED) is 0.890. The number of hydrogen-bond donors (Lipinski definition) is 1. The van der Waals surface area contributed by atoms with E-state index in [1.807, 2.05) is 24.9 Å². The van der Waals surface area contributed by atoms with Gasteiger partial charge in [0.15, 0.2) is 0 Å². The molecular formula is C14H21N5. The van der Waals surface area contributed by atoms with Gasteiger partial charge in [0.1, 0.15) is 0 Å².